The molecule has 12 heavy (non-hydrogen) atoms. The standard InChI is InChI=1S/C7H15NO4/c1-2-7(10)6(8(11)12)4-3-5-9/h6-7,9-10H,2-5H2,1H3. The molecule has 0 aliphatic rings. The summed E-state index contributed by atoms with van der Waals surface area (Å²) in [6.07, 6.45) is 0.0738. The van der Waals surface area contributed by atoms with Crippen LogP contribution in [-0.4, -0.2) is 33.9 Å². The smallest absolute Gasteiger partial charge is 0.238 e. The highest BCUT2D eigenvalue weighted by Gasteiger charge is 2.27. The Kier molecular flexibility index (Phi) is 5.57. The normalized spacial score (nSPS) is 15.6. The first-order valence-electron chi connectivity index (χ1n) is 4.05. The van der Waals surface area contributed by atoms with Crippen molar-refractivity contribution in [1.82, 2.24) is 0 Å². The first kappa shape index (κ1) is 11.3. The second-order valence-corrected chi connectivity index (χ2v) is 2.69. The van der Waals surface area contributed by atoms with E-state index >= 15 is 0 Å². The maximum absolute atomic E-state index is 10.4. The maximum Gasteiger partial charge on any atom is 0.238 e. The zero-order valence-corrected chi connectivity index (χ0v) is 7.14. The minimum Gasteiger partial charge on any atom is -0.396 e. The summed E-state index contributed by atoms with van der Waals surface area (Å²) in [7, 11) is 0. The number of aliphatic hydroxyl groups is 2. The Hall–Kier alpha value is -0.680. The fraction of sp³-hybridized carbons (Fsp3) is 1.00. The van der Waals surface area contributed by atoms with E-state index in [1.807, 2.05) is 0 Å². The Labute approximate surface area is 71.2 Å². The summed E-state index contributed by atoms with van der Waals surface area (Å²) in [5.74, 6) is 0. The maximum atomic E-state index is 10.4. The molecule has 0 saturated heterocycles. The van der Waals surface area contributed by atoms with E-state index < -0.39 is 17.1 Å². The molecule has 0 radical (unpaired) electrons. The van der Waals surface area contributed by atoms with E-state index in [4.69, 9.17) is 5.11 Å². The molecule has 0 rings (SSSR count). The van der Waals surface area contributed by atoms with Gasteiger partial charge in [0.25, 0.3) is 0 Å². The molecule has 2 N–H and O–H groups in total. The van der Waals surface area contributed by atoms with Crippen LogP contribution in [-0.2, 0) is 0 Å². The molecule has 2 unspecified atom stereocenters. The number of rotatable bonds is 6. The topological polar surface area (TPSA) is 83.6 Å². The van der Waals surface area contributed by atoms with Crippen molar-refractivity contribution in [3.8, 4) is 0 Å². The molecule has 5 heteroatoms. The highest BCUT2D eigenvalue weighted by molar-refractivity contribution is 4.66. The summed E-state index contributed by atoms with van der Waals surface area (Å²) in [6.45, 7) is 1.63. The van der Waals surface area contributed by atoms with E-state index in [1.54, 1.807) is 6.92 Å². The van der Waals surface area contributed by atoms with Crippen LogP contribution in [0.1, 0.15) is 26.2 Å². The quantitative estimate of drug-likeness (QED) is 0.447. The van der Waals surface area contributed by atoms with E-state index in [0.29, 0.717) is 12.8 Å². The average Bonchev–Trinajstić information content (AvgIpc) is 2.04. The van der Waals surface area contributed by atoms with Gasteiger partial charge in [-0.1, -0.05) is 6.92 Å². The summed E-state index contributed by atoms with van der Waals surface area (Å²) in [4.78, 5) is 9.89. The summed E-state index contributed by atoms with van der Waals surface area (Å²) < 4.78 is 0. The van der Waals surface area contributed by atoms with E-state index in [2.05, 4.69) is 0 Å². The lowest BCUT2D eigenvalue weighted by Crippen LogP contribution is -2.33. The van der Waals surface area contributed by atoms with Gasteiger partial charge >= 0.3 is 0 Å². The molecule has 0 aromatic heterocycles. The molecule has 0 saturated carbocycles. The van der Waals surface area contributed by atoms with Gasteiger partial charge in [-0.2, -0.15) is 0 Å². The molecule has 0 bridgehead atoms. The van der Waals surface area contributed by atoms with Gasteiger partial charge in [-0.05, 0) is 12.8 Å². The van der Waals surface area contributed by atoms with Gasteiger partial charge < -0.3 is 10.2 Å². The fourth-order valence-electron chi connectivity index (χ4n) is 1.01. The van der Waals surface area contributed by atoms with Crippen LogP contribution in [0.15, 0.2) is 0 Å². The third-order valence-corrected chi connectivity index (χ3v) is 1.79. The van der Waals surface area contributed by atoms with Gasteiger partial charge in [0.05, 0.1) is 0 Å². The molecular weight excluding hydrogens is 162 g/mol. The number of nitro groups is 1. The van der Waals surface area contributed by atoms with E-state index in [0.717, 1.165) is 0 Å². The molecule has 0 fully saturated rings. The molecule has 0 amide bonds. The highest BCUT2D eigenvalue weighted by atomic mass is 16.6. The lowest BCUT2D eigenvalue weighted by atomic mass is 10.0. The van der Waals surface area contributed by atoms with Gasteiger partial charge in [-0.3, -0.25) is 10.1 Å². The van der Waals surface area contributed by atoms with Gasteiger partial charge in [0.15, 0.2) is 0 Å². The highest BCUT2D eigenvalue weighted by Crippen LogP contribution is 2.08. The molecule has 0 aliphatic carbocycles. The van der Waals surface area contributed by atoms with Crippen LogP contribution in [0.2, 0.25) is 0 Å². The van der Waals surface area contributed by atoms with Gasteiger partial charge in [-0.15, -0.1) is 0 Å². The Balaban J connectivity index is 3.94. The number of aliphatic hydroxyl groups excluding tert-OH is 2. The Bertz CT molecular complexity index is 139. The number of hydrogen-bond donors (Lipinski definition) is 2. The SMILES string of the molecule is CCC(O)C(CCCO)[N+](=O)[O-]. The molecule has 5 nitrogen and oxygen atoms in total. The van der Waals surface area contributed by atoms with Crippen LogP contribution >= 0.6 is 0 Å². The van der Waals surface area contributed by atoms with Gasteiger partial charge in [0.1, 0.15) is 6.10 Å². The second-order valence-electron chi connectivity index (χ2n) is 2.69. The molecular formula is C7H15NO4. The third-order valence-electron chi connectivity index (χ3n) is 1.79. The minimum absolute atomic E-state index is 0.0687. The molecule has 0 heterocycles. The number of nitrogens with zero attached hydrogens (tertiary/aromatic N) is 1. The minimum atomic E-state index is -0.929. The Morgan fingerprint density at radius 3 is 2.50 bits per heavy atom. The first-order valence-corrected chi connectivity index (χ1v) is 4.05. The van der Waals surface area contributed by atoms with Crippen molar-refractivity contribution in [2.24, 2.45) is 0 Å². The third kappa shape index (κ3) is 3.64. The van der Waals surface area contributed by atoms with Gasteiger partial charge in [0.2, 0.25) is 6.04 Å². The van der Waals surface area contributed by atoms with Crippen LogP contribution in [0.3, 0.4) is 0 Å². The summed E-state index contributed by atoms with van der Waals surface area (Å²) in [6, 6.07) is -0.929. The molecule has 0 aromatic carbocycles. The van der Waals surface area contributed by atoms with Crippen molar-refractivity contribution < 1.29 is 15.1 Å². The van der Waals surface area contributed by atoms with E-state index in [1.165, 1.54) is 0 Å². The van der Waals surface area contributed by atoms with Crippen molar-refractivity contribution in [1.29, 1.82) is 0 Å². The fourth-order valence-corrected chi connectivity index (χ4v) is 1.01. The largest absolute Gasteiger partial charge is 0.396 e. The molecule has 72 valence electrons. The molecule has 0 aliphatic heterocycles. The molecule has 0 aromatic rings. The molecule has 0 spiro atoms. The van der Waals surface area contributed by atoms with E-state index in [-0.39, 0.29) is 13.0 Å². The lowest BCUT2D eigenvalue weighted by molar-refractivity contribution is -0.535. The zero-order valence-electron chi connectivity index (χ0n) is 7.14. The van der Waals surface area contributed by atoms with Crippen LogP contribution in [0.25, 0.3) is 0 Å². The number of hydrogen-bond acceptors (Lipinski definition) is 4. The molecule has 2 atom stereocenters. The monoisotopic (exact) mass is 177 g/mol. The lowest BCUT2D eigenvalue weighted by Gasteiger charge is -2.13. The summed E-state index contributed by atoms with van der Waals surface area (Å²) in [5.41, 5.74) is 0. The Morgan fingerprint density at radius 2 is 2.17 bits per heavy atom. The van der Waals surface area contributed by atoms with Gasteiger partial charge in [-0.25, -0.2) is 0 Å². The van der Waals surface area contributed by atoms with Crippen molar-refractivity contribution >= 4 is 0 Å². The van der Waals surface area contributed by atoms with E-state index in [9.17, 15) is 15.2 Å². The second kappa shape index (κ2) is 5.91. The van der Waals surface area contributed by atoms with Crippen LogP contribution < -0.4 is 0 Å². The van der Waals surface area contributed by atoms with Crippen LogP contribution in [0.4, 0.5) is 0 Å². The summed E-state index contributed by atoms with van der Waals surface area (Å²) >= 11 is 0. The predicted molar refractivity (Wildman–Crippen MR) is 43.4 cm³/mol. The first-order chi connectivity index (χ1) is 5.63. The summed E-state index contributed by atoms with van der Waals surface area (Å²) in [5, 5.41) is 28.0. The van der Waals surface area contributed by atoms with Gasteiger partial charge in [0, 0.05) is 18.0 Å². The van der Waals surface area contributed by atoms with Crippen LogP contribution in [0, 0.1) is 10.1 Å². The van der Waals surface area contributed by atoms with Crippen LogP contribution in [0.5, 0.6) is 0 Å². The van der Waals surface area contributed by atoms with Crippen molar-refractivity contribution in [2.45, 2.75) is 38.3 Å². The predicted octanol–water partition coefficient (Wildman–Crippen LogP) is 0.175. The van der Waals surface area contributed by atoms with Crippen molar-refractivity contribution in [2.75, 3.05) is 6.61 Å². The Morgan fingerprint density at radius 1 is 1.58 bits per heavy atom. The van der Waals surface area contributed by atoms with Crippen molar-refractivity contribution in [3.05, 3.63) is 10.1 Å². The zero-order chi connectivity index (χ0) is 9.56. The van der Waals surface area contributed by atoms with Crippen molar-refractivity contribution in [3.63, 3.8) is 0 Å². The average molecular weight is 177 g/mol.